The van der Waals surface area contributed by atoms with Crippen molar-refractivity contribution in [1.29, 1.82) is 0 Å². The van der Waals surface area contributed by atoms with Crippen LogP contribution < -0.4 is 5.32 Å². The topological polar surface area (TPSA) is 64.7 Å². The molecule has 0 atom stereocenters. The Bertz CT molecular complexity index is 950. The van der Waals surface area contributed by atoms with Crippen molar-refractivity contribution in [3.05, 3.63) is 64.3 Å². The monoisotopic (exact) mass is 395 g/mol. The van der Waals surface area contributed by atoms with Crippen LogP contribution in [0.15, 0.2) is 42.9 Å². The summed E-state index contributed by atoms with van der Waals surface area (Å²) in [6.07, 6.45) is 4.75. The van der Waals surface area contributed by atoms with E-state index in [2.05, 4.69) is 15.5 Å². The molecule has 2 aromatic heterocycles. The Hall–Kier alpha value is -2.38. The molecule has 3 rings (SSSR count). The molecular formula is C17H16Cl2FN5O. The summed E-state index contributed by atoms with van der Waals surface area (Å²) in [5.41, 5.74) is -0.224. The fourth-order valence-corrected chi connectivity index (χ4v) is 2.68. The van der Waals surface area contributed by atoms with Gasteiger partial charge in [-0.1, -0.05) is 29.3 Å². The summed E-state index contributed by atoms with van der Waals surface area (Å²) in [4.78, 5) is 12.6. The van der Waals surface area contributed by atoms with Gasteiger partial charge in [0.05, 0.1) is 17.8 Å². The molecule has 0 aliphatic carbocycles. The van der Waals surface area contributed by atoms with Crippen molar-refractivity contribution in [3.63, 3.8) is 0 Å². The van der Waals surface area contributed by atoms with Crippen molar-refractivity contribution in [2.45, 2.75) is 25.9 Å². The summed E-state index contributed by atoms with van der Waals surface area (Å²) in [7, 11) is 0. The lowest BCUT2D eigenvalue weighted by molar-refractivity contribution is -0.123. The fourth-order valence-electron chi connectivity index (χ4n) is 2.32. The smallest absolute Gasteiger partial charge is 0.252 e. The SMILES string of the molecule is CC(C)(C(=O)Nc1ccn(Cc2ccc(F)cc2Cl)n1)n1cc(Cl)cn1. The first-order chi connectivity index (χ1) is 12.3. The first kappa shape index (κ1) is 18.4. The number of carbonyl (C=O) groups excluding carboxylic acids is 1. The quantitative estimate of drug-likeness (QED) is 0.711. The van der Waals surface area contributed by atoms with Crippen LogP contribution in [0.2, 0.25) is 10.0 Å². The average Bonchev–Trinajstić information content (AvgIpc) is 3.19. The molecule has 3 aromatic rings. The summed E-state index contributed by atoms with van der Waals surface area (Å²) in [5, 5.41) is 11.9. The van der Waals surface area contributed by atoms with Crippen molar-refractivity contribution in [3.8, 4) is 0 Å². The molecule has 9 heteroatoms. The van der Waals surface area contributed by atoms with Crippen molar-refractivity contribution in [2.24, 2.45) is 0 Å². The largest absolute Gasteiger partial charge is 0.307 e. The molecule has 0 fully saturated rings. The van der Waals surface area contributed by atoms with Crippen molar-refractivity contribution < 1.29 is 9.18 Å². The highest BCUT2D eigenvalue weighted by atomic mass is 35.5. The van der Waals surface area contributed by atoms with Gasteiger partial charge in [-0.2, -0.15) is 10.2 Å². The molecule has 1 N–H and O–H groups in total. The second-order valence-corrected chi connectivity index (χ2v) is 7.09. The zero-order valence-electron chi connectivity index (χ0n) is 14.1. The minimum atomic E-state index is -0.947. The lowest BCUT2D eigenvalue weighted by Gasteiger charge is -2.23. The van der Waals surface area contributed by atoms with Gasteiger partial charge < -0.3 is 5.32 Å². The van der Waals surface area contributed by atoms with Gasteiger partial charge in [0.15, 0.2) is 5.82 Å². The summed E-state index contributed by atoms with van der Waals surface area (Å²) in [6, 6.07) is 5.86. The summed E-state index contributed by atoms with van der Waals surface area (Å²) in [6.45, 7) is 3.80. The van der Waals surface area contributed by atoms with E-state index in [-0.39, 0.29) is 5.91 Å². The minimum Gasteiger partial charge on any atom is -0.307 e. The maximum absolute atomic E-state index is 13.1. The summed E-state index contributed by atoms with van der Waals surface area (Å²) >= 11 is 11.9. The molecule has 0 spiro atoms. The second kappa shape index (κ2) is 7.09. The number of halogens is 3. The van der Waals surface area contributed by atoms with Gasteiger partial charge in [-0.25, -0.2) is 4.39 Å². The molecule has 0 radical (unpaired) electrons. The summed E-state index contributed by atoms with van der Waals surface area (Å²) < 4.78 is 16.2. The number of hydrogen-bond donors (Lipinski definition) is 1. The third-order valence-electron chi connectivity index (χ3n) is 3.91. The first-order valence-electron chi connectivity index (χ1n) is 7.75. The average molecular weight is 396 g/mol. The number of nitrogens with zero attached hydrogens (tertiary/aromatic N) is 4. The highest BCUT2D eigenvalue weighted by Crippen LogP contribution is 2.21. The van der Waals surface area contributed by atoms with E-state index >= 15 is 0 Å². The third kappa shape index (κ3) is 3.89. The maximum Gasteiger partial charge on any atom is 0.252 e. The number of anilines is 1. The van der Waals surface area contributed by atoms with Crippen molar-refractivity contribution in [2.75, 3.05) is 5.32 Å². The van der Waals surface area contributed by atoms with E-state index in [0.717, 1.165) is 5.56 Å². The Balaban J connectivity index is 1.71. The number of hydrogen-bond acceptors (Lipinski definition) is 3. The molecule has 0 aliphatic heterocycles. The lowest BCUT2D eigenvalue weighted by Crippen LogP contribution is -2.40. The molecule has 0 aliphatic rings. The zero-order chi connectivity index (χ0) is 18.9. The molecule has 0 saturated carbocycles. The third-order valence-corrected chi connectivity index (χ3v) is 4.46. The van der Waals surface area contributed by atoms with Crippen molar-refractivity contribution in [1.82, 2.24) is 19.6 Å². The molecule has 0 unspecified atom stereocenters. The van der Waals surface area contributed by atoms with E-state index in [0.29, 0.717) is 22.4 Å². The Morgan fingerprint density at radius 1 is 1.31 bits per heavy atom. The number of aromatic nitrogens is 4. The number of rotatable bonds is 5. The van der Waals surface area contributed by atoms with Gasteiger partial charge in [0.2, 0.25) is 0 Å². The van der Waals surface area contributed by atoms with E-state index in [1.807, 2.05) is 0 Å². The predicted octanol–water partition coefficient (Wildman–Crippen LogP) is 3.95. The van der Waals surface area contributed by atoms with E-state index in [1.54, 1.807) is 43.1 Å². The van der Waals surface area contributed by atoms with Crippen molar-refractivity contribution >= 4 is 34.9 Å². The lowest BCUT2D eigenvalue weighted by atomic mass is 10.1. The van der Waals surface area contributed by atoms with Crippen LogP contribution >= 0.6 is 23.2 Å². The minimum absolute atomic E-state index is 0.290. The molecule has 2 heterocycles. The van der Waals surface area contributed by atoms with E-state index in [4.69, 9.17) is 23.2 Å². The van der Waals surface area contributed by atoms with Crippen LogP contribution in [0.5, 0.6) is 0 Å². The summed E-state index contributed by atoms with van der Waals surface area (Å²) in [5.74, 6) is -0.296. The van der Waals surface area contributed by atoms with Crippen LogP contribution in [0.4, 0.5) is 10.2 Å². The Kier molecular flexibility index (Phi) is 5.02. The molecule has 1 amide bonds. The molecule has 0 bridgehead atoms. The highest BCUT2D eigenvalue weighted by molar-refractivity contribution is 6.31. The Labute approximate surface area is 159 Å². The maximum atomic E-state index is 13.1. The molecule has 6 nitrogen and oxygen atoms in total. The first-order valence-corrected chi connectivity index (χ1v) is 8.51. The fraction of sp³-hybridized carbons (Fsp3) is 0.235. The molecule has 136 valence electrons. The van der Waals surface area contributed by atoms with E-state index < -0.39 is 11.4 Å². The van der Waals surface area contributed by atoms with Gasteiger partial charge in [0, 0.05) is 23.5 Å². The standard InChI is InChI=1S/C17H16Cl2FN5O/c1-17(2,25-10-12(18)8-21-25)16(26)22-15-5-6-24(23-15)9-11-3-4-13(20)7-14(11)19/h3-8,10H,9H2,1-2H3,(H,22,23,26). The Morgan fingerprint density at radius 3 is 2.73 bits per heavy atom. The van der Waals surface area contributed by atoms with Crippen LogP contribution in [0.3, 0.4) is 0 Å². The number of carbonyl (C=O) groups is 1. The normalized spacial score (nSPS) is 11.6. The number of benzene rings is 1. The van der Waals surface area contributed by atoms with Crippen LogP contribution in [0.25, 0.3) is 0 Å². The van der Waals surface area contributed by atoms with Gasteiger partial charge in [-0.15, -0.1) is 0 Å². The van der Waals surface area contributed by atoms with Crippen LogP contribution in [-0.2, 0) is 16.9 Å². The van der Waals surface area contributed by atoms with Crippen LogP contribution in [-0.4, -0.2) is 25.5 Å². The van der Waals surface area contributed by atoms with Gasteiger partial charge in [-0.3, -0.25) is 14.2 Å². The van der Waals surface area contributed by atoms with Gasteiger partial charge in [0.1, 0.15) is 11.4 Å². The predicted molar refractivity (Wildman–Crippen MR) is 97.9 cm³/mol. The molecule has 1 aromatic carbocycles. The van der Waals surface area contributed by atoms with Crippen LogP contribution in [0.1, 0.15) is 19.4 Å². The van der Waals surface area contributed by atoms with Gasteiger partial charge in [-0.05, 0) is 31.5 Å². The number of amides is 1. The highest BCUT2D eigenvalue weighted by Gasteiger charge is 2.31. The molecular weight excluding hydrogens is 380 g/mol. The zero-order valence-corrected chi connectivity index (χ0v) is 15.6. The Morgan fingerprint density at radius 2 is 2.08 bits per heavy atom. The van der Waals surface area contributed by atoms with E-state index in [1.165, 1.54) is 23.0 Å². The van der Waals surface area contributed by atoms with Gasteiger partial charge >= 0.3 is 0 Å². The molecule has 0 saturated heterocycles. The van der Waals surface area contributed by atoms with E-state index in [9.17, 15) is 9.18 Å². The second-order valence-electron chi connectivity index (χ2n) is 6.25. The molecule has 26 heavy (non-hydrogen) atoms. The number of nitrogens with one attached hydrogen (secondary N) is 1. The van der Waals surface area contributed by atoms with Crippen LogP contribution in [0, 0.1) is 5.82 Å². The van der Waals surface area contributed by atoms with Gasteiger partial charge in [0.25, 0.3) is 5.91 Å².